The van der Waals surface area contributed by atoms with Gasteiger partial charge < -0.3 is 15.1 Å². The molecule has 3 rings (SSSR count). The second-order valence-corrected chi connectivity index (χ2v) is 6.99. The van der Waals surface area contributed by atoms with Crippen LogP contribution in [-0.4, -0.2) is 41.1 Å². The number of thiocarbonyl (C=S) groups is 1. The predicted octanol–water partition coefficient (Wildman–Crippen LogP) is 4.43. The zero-order chi connectivity index (χ0) is 16.8. The normalized spacial score (nSPS) is 14.9. The van der Waals surface area contributed by atoms with E-state index in [2.05, 4.69) is 67.6 Å². The number of halogens is 1. The smallest absolute Gasteiger partial charge is 0.173 e. The molecular formula is C19H20BrN3S. The van der Waals surface area contributed by atoms with E-state index in [9.17, 15) is 0 Å². The quantitative estimate of drug-likeness (QED) is 0.766. The van der Waals surface area contributed by atoms with Gasteiger partial charge in [-0.2, -0.15) is 0 Å². The van der Waals surface area contributed by atoms with Crippen LogP contribution < -0.4 is 5.32 Å². The Hall–Kier alpha value is -1.85. The molecule has 1 aliphatic rings. The molecule has 0 aliphatic carbocycles. The Bertz CT molecular complexity index is 692. The van der Waals surface area contributed by atoms with E-state index in [1.54, 1.807) is 0 Å². The van der Waals surface area contributed by atoms with Crippen molar-refractivity contribution in [1.82, 2.24) is 9.80 Å². The monoisotopic (exact) mass is 401 g/mol. The lowest BCUT2D eigenvalue weighted by atomic mass is 10.2. The van der Waals surface area contributed by atoms with Gasteiger partial charge in [0.05, 0.1) is 0 Å². The van der Waals surface area contributed by atoms with Crippen molar-refractivity contribution in [3.8, 4) is 0 Å². The number of hydrogen-bond acceptors (Lipinski definition) is 2. The number of piperazine rings is 1. The second kappa shape index (κ2) is 8.31. The summed E-state index contributed by atoms with van der Waals surface area (Å²) >= 11 is 8.98. The second-order valence-electron chi connectivity index (χ2n) is 5.69. The van der Waals surface area contributed by atoms with Crippen molar-refractivity contribution >= 4 is 45.0 Å². The minimum Gasteiger partial charge on any atom is -0.374 e. The third-order valence-corrected chi connectivity index (χ3v) is 4.86. The molecule has 2 aromatic carbocycles. The summed E-state index contributed by atoms with van der Waals surface area (Å²) in [5.41, 5.74) is 2.25. The Balaban J connectivity index is 1.48. The molecule has 1 aliphatic heterocycles. The van der Waals surface area contributed by atoms with Gasteiger partial charge in [0.15, 0.2) is 5.11 Å². The molecule has 1 N–H and O–H groups in total. The Morgan fingerprint density at radius 1 is 0.958 bits per heavy atom. The first kappa shape index (κ1) is 17.0. The summed E-state index contributed by atoms with van der Waals surface area (Å²) < 4.78 is 1.07. The van der Waals surface area contributed by atoms with Crippen molar-refractivity contribution in [2.24, 2.45) is 0 Å². The van der Waals surface area contributed by atoms with E-state index < -0.39 is 0 Å². The fourth-order valence-electron chi connectivity index (χ4n) is 2.57. The standard InChI is InChI=1S/C19H20BrN3S/c20-17-6-8-18(9-7-17)21-19(24)23-14-12-22(13-15-23)11-10-16-4-2-1-3-5-16/h1-11H,12-15H2,(H,21,24)/b11-10+. The molecule has 1 fully saturated rings. The molecule has 2 aromatic rings. The van der Waals surface area contributed by atoms with Crippen molar-refractivity contribution in [1.29, 1.82) is 0 Å². The maximum atomic E-state index is 5.54. The van der Waals surface area contributed by atoms with Gasteiger partial charge in [-0.25, -0.2) is 0 Å². The first-order chi connectivity index (χ1) is 11.7. The van der Waals surface area contributed by atoms with E-state index in [0.717, 1.165) is 41.5 Å². The van der Waals surface area contributed by atoms with E-state index in [1.807, 2.05) is 30.3 Å². The van der Waals surface area contributed by atoms with Crippen molar-refractivity contribution in [2.45, 2.75) is 0 Å². The zero-order valence-electron chi connectivity index (χ0n) is 13.4. The van der Waals surface area contributed by atoms with Gasteiger partial charge in [0, 0.05) is 36.3 Å². The molecule has 1 saturated heterocycles. The molecule has 0 amide bonds. The lowest BCUT2D eigenvalue weighted by Crippen LogP contribution is -2.48. The lowest BCUT2D eigenvalue weighted by Gasteiger charge is -2.35. The van der Waals surface area contributed by atoms with Gasteiger partial charge in [-0.3, -0.25) is 0 Å². The van der Waals surface area contributed by atoms with Crippen LogP contribution in [0.2, 0.25) is 0 Å². The van der Waals surface area contributed by atoms with Crippen LogP contribution in [0.4, 0.5) is 5.69 Å². The predicted molar refractivity (Wildman–Crippen MR) is 109 cm³/mol. The molecule has 0 aromatic heterocycles. The summed E-state index contributed by atoms with van der Waals surface area (Å²) in [4.78, 5) is 4.57. The van der Waals surface area contributed by atoms with E-state index >= 15 is 0 Å². The van der Waals surface area contributed by atoms with Crippen LogP contribution >= 0.6 is 28.1 Å². The molecular weight excluding hydrogens is 382 g/mol. The van der Waals surface area contributed by atoms with Gasteiger partial charge in [0.25, 0.3) is 0 Å². The summed E-state index contributed by atoms with van der Waals surface area (Å²) in [6.07, 6.45) is 4.34. The van der Waals surface area contributed by atoms with Gasteiger partial charge >= 0.3 is 0 Å². The average Bonchev–Trinajstić information content (AvgIpc) is 2.63. The number of rotatable bonds is 3. The molecule has 3 nitrogen and oxygen atoms in total. The minimum atomic E-state index is 0.795. The Kier molecular flexibility index (Phi) is 5.88. The maximum absolute atomic E-state index is 5.54. The first-order valence-corrected chi connectivity index (χ1v) is 9.20. The SMILES string of the molecule is S=C(Nc1ccc(Br)cc1)N1CCN(/C=C/c2ccccc2)CC1. The molecule has 124 valence electrons. The van der Waals surface area contributed by atoms with Gasteiger partial charge in [-0.1, -0.05) is 46.3 Å². The highest BCUT2D eigenvalue weighted by Crippen LogP contribution is 2.15. The van der Waals surface area contributed by atoms with Crippen LogP contribution in [0.3, 0.4) is 0 Å². The van der Waals surface area contributed by atoms with E-state index in [0.29, 0.717) is 0 Å². The number of anilines is 1. The van der Waals surface area contributed by atoms with Crippen LogP contribution in [0.5, 0.6) is 0 Å². The molecule has 5 heteroatoms. The Morgan fingerprint density at radius 2 is 1.62 bits per heavy atom. The number of nitrogens with zero attached hydrogens (tertiary/aromatic N) is 2. The molecule has 24 heavy (non-hydrogen) atoms. The highest BCUT2D eigenvalue weighted by atomic mass is 79.9. The highest BCUT2D eigenvalue weighted by Gasteiger charge is 2.16. The topological polar surface area (TPSA) is 18.5 Å². The van der Waals surface area contributed by atoms with Crippen molar-refractivity contribution in [2.75, 3.05) is 31.5 Å². The summed E-state index contributed by atoms with van der Waals surface area (Å²) in [6, 6.07) is 18.5. The number of nitrogens with one attached hydrogen (secondary N) is 1. The molecule has 0 unspecified atom stereocenters. The first-order valence-electron chi connectivity index (χ1n) is 7.99. The molecule has 0 atom stereocenters. The lowest BCUT2D eigenvalue weighted by molar-refractivity contribution is 0.241. The molecule has 0 spiro atoms. The van der Waals surface area contributed by atoms with E-state index in [1.165, 1.54) is 5.56 Å². The average molecular weight is 402 g/mol. The zero-order valence-corrected chi connectivity index (χ0v) is 15.8. The third kappa shape index (κ3) is 4.82. The fraction of sp³-hybridized carbons (Fsp3) is 0.211. The van der Waals surface area contributed by atoms with Crippen LogP contribution in [0.15, 0.2) is 65.3 Å². The van der Waals surface area contributed by atoms with Gasteiger partial charge in [-0.15, -0.1) is 0 Å². The van der Waals surface area contributed by atoms with Crippen LogP contribution in [-0.2, 0) is 0 Å². The summed E-state index contributed by atoms with van der Waals surface area (Å²) in [7, 11) is 0. The molecule has 1 heterocycles. The maximum Gasteiger partial charge on any atom is 0.173 e. The molecule has 0 radical (unpaired) electrons. The van der Waals surface area contributed by atoms with Crippen molar-refractivity contribution in [3.63, 3.8) is 0 Å². The van der Waals surface area contributed by atoms with E-state index in [-0.39, 0.29) is 0 Å². The highest BCUT2D eigenvalue weighted by molar-refractivity contribution is 9.10. The molecule has 0 saturated carbocycles. The van der Waals surface area contributed by atoms with Crippen molar-refractivity contribution < 1.29 is 0 Å². The summed E-state index contributed by atoms with van der Waals surface area (Å²) in [5.74, 6) is 0. The van der Waals surface area contributed by atoms with Crippen molar-refractivity contribution in [3.05, 3.63) is 70.8 Å². The summed E-state index contributed by atoms with van der Waals surface area (Å²) in [6.45, 7) is 3.82. The fourth-order valence-corrected chi connectivity index (χ4v) is 3.13. The van der Waals surface area contributed by atoms with Crippen LogP contribution in [0, 0.1) is 0 Å². The largest absolute Gasteiger partial charge is 0.374 e. The van der Waals surface area contributed by atoms with E-state index in [4.69, 9.17) is 12.2 Å². The van der Waals surface area contributed by atoms with Crippen LogP contribution in [0.1, 0.15) is 5.56 Å². The Labute approximate surface area is 157 Å². The number of hydrogen-bond donors (Lipinski definition) is 1. The third-order valence-electron chi connectivity index (χ3n) is 3.97. The minimum absolute atomic E-state index is 0.795. The number of benzene rings is 2. The molecule has 0 bridgehead atoms. The summed E-state index contributed by atoms with van der Waals surface area (Å²) in [5, 5.41) is 4.11. The van der Waals surface area contributed by atoms with Gasteiger partial charge in [0.1, 0.15) is 0 Å². The van der Waals surface area contributed by atoms with Gasteiger partial charge in [0.2, 0.25) is 0 Å². The van der Waals surface area contributed by atoms with Gasteiger partial charge in [-0.05, 0) is 54.3 Å². The Morgan fingerprint density at radius 3 is 2.29 bits per heavy atom. The van der Waals surface area contributed by atoms with Crippen LogP contribution in [0.25, 0.3) is 6.08 Å².